The van der Waals surface area contributed by atoms with Gasteiger partial charge < -0.3 is 14.2 Å². The maximum absolute atomic E-state index is 12.9. The fraction of sp³-hybridized carbons (Fsp3) is 0.533. The van der Waals surface area contributed by atoms with Crippen molar-refractivity contribution >= 4 is 17.0 Å². The molecule has 6 nitrogen and oxygen atoms in total. The Morgan fingerprint density at radius 3 is 2.90 bits per heavy atom. The van der Waals surface area contributed by atoms with Gasteiger partial charge >= 0.3 is 0 Å². The molecule has 2 aromatic heterocycles. The summed E-state index contributed by atoms with van der Waals surface area (Å²) >= 11 is 0. The molecule has 2 atom stereocenters. The Labute approximate surface area is 123 Å². The number of morpholine rings is 1. The molecular formula is C15H19N3O3. The van der Waals surface area contributed by atoms with Crippen molar-refractivity contribution in [2.75, 3.05) is 13.2 Å². The van der Waals surface area contributed by atoms with Crippen molar-refractivity contribution in [2.24, 2.45) is 0 Å². The molecule has 0 saturated carbocycles. The first-order valence-corrected chi connectivity index (χ1v) is 7.13. The normalized spacial score (nSPS) is 22.8. The van der Waals surface area contributed by atoms with Gasteiger partial charge in [0.25, 0.3) is 11.6 Å². The van der Waals surface area contributed by atoms with Crippen LogP contribution in [0.1, 0.15) is 35.6 Å². The quantitative estimate of drug-likeness (QED) is 0.804. The van der Waals surface area contributed by atoms with Crippen LogP contribution in [-0.4, -0.2) is 46.2 Å². The highest BCUT2D eigenvalue weighted by Crippen LogP contribution is 2.25. The molecule has 1 aliphatic heterocycles. The highest BCUT2D eigenvalue weighted by molar-refractivity contribution is 6.06. The van der Waals surface area contributed by atoms with E-state index >= 15 is 0 Å². The van der Waals surface area contributed by atoms with Crippen molar-refractivity contribution in [2.45, 2.75) is 39.8 Å². The topological polar surface area (TPSA) is 68.5 Å². The first-order chi connectivity index (χ1) is 9.97. The number of aryl methyl sites for hydroxylation is 2. The molecule has 0 radical (unpaired) electrons. The van der Waals surface area contributed by atoms with Crippen molar-refractivity contribution < 1.29 is 14.1 Å². The van der Waals surface area contributed by atoms with Crippen LogP contribution in [0.25, 0.3) is 11.1 Å². The molecule has 1 aliphatic rings. The highest BCUT2D eigenvalue weighted by atomic mass is 16.5. The zero-order valence-corrected chi connectivity index (χ0v) is 12.7. The lowest BCUT2D eigenvalue weighted by atomic mass is 10.1. The molecule has 0 aromatic carbocycles. The van der Waals surface area contributed by atoms with Crippen molar-refractivity contribution in [3.8, 4) is 0 Å². The SMILES string of the molecule is Cc1cc(C(=O)N2C[C@@H](C)OC[C@H]2C)c2c(C)noc2n1. The van der Waals surface area contributed by atoms with Crippen LogP contribution < -0.4 is 0 Å². The third kappa shape index (κ3) is 2.40. The molecule has 21 heavy (non-hydrogen) atoms. The predicted molar refractivity (Wildman–Crippen MR) is 77.2 cm³/mol. The molecule has 1 amide bonds. The first-order valence-electron chi connectivity index (χ1n) is 7.13. The van der Waals surface area contributed by atoms with Gasteiger partial charge in [0.15, 0.2) is 0 Å². The molecule has 1 fully saturated rings. The number of rotatable bonds is 1. The van der Waals surface area contributed by atoms with E-state index < -0.39 is 0 Å². The number of hydrogen-bond acceptors (Lipinski definition) is 5. The van der Waals surface area contributed by atoms with Crippen LogP contribution in [0.5, 0.6) is 0 Å². The van der Waals surface area contributed by atoms with E-state index in [1.807, 2.05) is 38.7 Å². The molecule has 0 spiro atoms. The monoisotopic (exact) mass is 289 g/mol. The Bertz CT molecular complexity index is 695. The van der Waals surface area contributed by atoms with Gasteiger partial charge in [0, 0.05) is 12.2 Å². The van der Waals surface area contributed by atoms with Gasteiger partial charge in [0.2, 0.25) is 0 Å². The van der Waals surface area contributed by atoms with E-state index in [-0.39, 0.29) is 18.1 Å². The van der Waals surface area contributed by atoms with Gasteiger partial charge in [-0.2, -0.15) is 0 Å². The van der Waals surface area contributed by atoms with Gasteiger partial charge in [-0.15, -0.1) is 0 Å². The zero-order chi connectivity index (χ0) is 15.1. The van der Waals surface area contributed by atoms with Crippen molar-refractivity contribution in [3.05, 3.63) is 23.0 Å². The number of carbonyl (C=O) groups excluding carboxylic acids is 1. The molecular weight excluding hydrogens is 270 g/mol. The van der Waals surface area contributed by atoms with Crippen LogP contribution in [0.15, 0.2) is 10.6 Å². The van der Waals surface area contributed by atoms with E-state index in [9.17, 15) is 4.79 Å². The van der Waals surface area contributed by atoms with Gasteiger partial charge in [-0.3, -0.25) is 4.79 Å². The maximum atomic E-state index is 12.9. The van der Waals surface area contributed by atoms with Crippen LogP contribution in [0, 0.1) is 13.8 Å². The van der Waals surface area contributed by atoms with Gasteiger partial charge in [0.05, 0.1) is 35.4 Å². The van der Waals surface area contributed by atoms with E-state index in [4.69, 9.17) is 9.26 Å². The molecule has 0 unspecified atom stereocenters. The van der Waals surface area contributed by atoms with E-state index in [2.05, 4.69) is 10.1 Å². The summed E-state index contributed by atoms with van der Waals surface area (Å²) in [4.78, 5) is 19.1. The Kier molecular flexibility index (Phi) is 3.41. The third-order valence-electron chi connectivity index (χ3n) is 3.84. The second-order valence-corrected chi connectivity index (χ2v) is 5.71. The molecule has 6 heteroatoms. The Morgan fingerprint density at radius 2 is 2.14 bits per heavy atom. The number of hydrogen-bond donors (Lipinski definition) is 0. The Morgan fingerprint density at radius 1 is 1.38 bits per heavy atom. The lowest BCUT2D eigenvalue weighted by Crippen LogP contribution is -2.50. The number of carbonyl (C=O) groups is 1. The predicted octanol–water partition coefficient (Wildman–Crippen LogP) is 2.09. The molecule has 2 aromatic rings. The first kappa shape index (κ1) is 14.0. The van der Waals surface area contributed by atoms with Crippen LogP contribution in [0.3, 0.4) is 0 Å². The molecule has 0 N–H and O–H groups in total. The molecule has 112 valence electrons. The standard InChI is InChI=1S/C15H19N3O3/c1-8-5-12(13-11(4)17-21-14(13)16-8)15(19)18-6-10(3)20-7-9(18)2/h5,9-10H,6-7H2,1-4H3/t9-,10-/m1/s1. The van der Waals surface area contributed by atoms with E-state index in [1.165, 1.54) is 0 Å². The molecule has 3 heterocycles. The largest absolute Gasteiger partial charge is 0.375 e. The fourth-order valence-corrected chi connectivity index (χ4v) is 2.73. The van der Waals surface area contributed by atoms with Crippen LogP contribution in [0.4, 0.5) is 0 Å². The summed E-state index contributed by atoms with van der Waals surface area (Å²) in [6.45, 7) is 8.79. The lowest BCUT2D eigenvalue weighted by molar-refractivity contribution is -0.0386. The minimum Gasteiger partial charge on any atom is -0.375 e. The molecule has 0 aliphatic carbocycles. The number of amides is 1. The van der Waals surface area contributed by atoms with Crippen LogP contribution >= 0.6 is 0 Å². The second kappa shape index (κ2) is 5.11. The summed E-state index contributed by atoms with van der Waals surface area (Å²) in [5.41, 5.74) is 2.47. The van der Waals surface area contributed by atoms with Crippen molar-refractivity contribution in [1.82, 2.24) is 15.0 Å². The van der Waals surface area contributed by atoms with Gasteiger partial charge in [0.1, 0.15) is 0 Å². The third-order valence-corrected chi connectivity index (χ3v) is 3.84. The Hall–Kier alpha value is -1.95. The summed E-state index contributed by atoms with van der Waals surface area (Å²) in [6.07, 6.45) is 0.0483. The summed E-state index contributed by atoms with van der Waals surface area (Å²) < 4.78 is 10.8. The number of pyridine rings is 1. The van der Waals surface area contributed by atoms with Gasteiger partial charge in [-0.05, 0) is 33.8 Å². The minimum absolute atomic E-state index is 0.0144. The number of aromatic nitrogens is 2. The smallest absolute Gasteiger partial charge is 0.258 e. The summed E-state index contributed by atoms with van der Waals surface area (Å²) in [5, 5.41) is 4.63. The summed E-state index contributed by atoms with van der Waals surface area (Å²) in [6, 6.07) is 1.86. The van der Waals surface area contributed by atoms with E-state index in [0.29, 0.717) is 35.5 Å². The van der Waals surface area contributed by atoms with Crippen LogP contribution in [0.2, 0.25) is 0 Å². The lowest BCUT2D eigenvalue weighted by Gasteiger charge is -2.37. The molecule has 3 rings (SSSR count). The molecule has 0 bridgehead atoms. The number of fused-ring (bicyclic) bond motifs is 1. The van der Waals surface area contributed by atoms with Gasteiger partial charge in [-0.25, -0.2) is 4.98 Å². The van der Waals surface area contributed by atoms with Crippen molar-refractivity contribution in [3.63, 3.8) is 0 Å². The second-order valence-electron chi connectivity index (χ2n) is 5.71. The van der Waals surface area contributed by atoms with E-state index in [0.717, 1.165) is 5.69 Å². The van der Waals surface area contributed by atoms with Gasteiger partial charge in [-0.1, -0.05) is 5.16 Å². The summed E-state index contributed by atoms with van der Waals surface area (Å²) in [7, 11) is 0. The average molecular weight is 289 g/mol. The molecule has 1 saturated heterocycles. The fourth-order valence-electron chi connectivity index (χ4n) is 2.73. The number of nitrogens with zero attached hydrogens (tertiary/aromatic N) is 3. The summed E-state index contributed by atoms with van der Waals surface area (Å²) in [5.74, 6) is -0.0144. The number of ether oxygens (including phenoxy) is 1. The average Bonchev–Trinajstić information content (AvgIpc) is 2.81. The highest BCUT2D eigenvalue weighted by Gasteiger charge is 2.30. The Balaban J connectivity index is 2.06. The van der Waals surface area contributed by atoms with Crippen molar-refractivity contribution in [1.29, 1.82) is 0 Å². The minimum atomic E-state index is -0.0144. The maximum Gasteiger partial charge on any atom is 0.258 e. The van der Waals surface area contributed by atoms with Crippen LogP contribution in [-0.2, 0) is 4.74 Å². The van der Waals surface area contributed by atoms with E-state index in [1.54, 1.807) is 0 Å². The zero-order valence-electron chi connectivity index (χ0n) is 12.7.